The van der Waals surface area contributed by atoms with Crippen molar-refractivity contribution in [3.63, 3.8) is 0 Å². The number of hydrogen-bond acceptors (Lipinski definition) is 6. The van der Waals surface area contributed by atoms with E-state index in [1.807, 2.05) is 42.6 Å². The van der Waals surface area contributed by atoms with E-state index in [2.05, 4.69) is 6.58 Å². The molecule has 0 atom stereocenters. The fraction of sp³-hybridized carbons (Fsp3) is 0.321. The van der Waals surface area contributed by atoms with Crippen molar-refractivity contribution in [2.45, 2.75) is 25.6 Å². The highest BCUT2D eigenvalue weighted by atomic mass is 32.2. The number of hydrogen-bond donors (Lipinski definition) is 0. The molecule has 9 heteroatoms. The molecule has 0 aliphatic rings. The lowest BCUT2D eigenvalue weighted by molar-refractivity contribution is -0.131. The largest absolute Gasteiger partial charge is 0.493 e. The summed E-state index contributed by atoms with van der Waals surface area (Å²) in [6.45, 7) is 6.35. The van der Waals surface area contributed by atoms with Crippen LogP contribution in [0.1, 0.15) is 21.6 Å². The lowest BCUT2D eigenvalue weighted by atomic mass is 10.1. The van der Waals surface area contributed by atoms with E-state index in [-0.39, 0.29) is 24.7 Å². The topological polar surface area (TPSA) is 76.2 Å². The molecule has 198 valence electrons. The summed E-state index contributed by atoms with van der Waals surface area (Å²) in [6, 6.07) is 16.7. The van der Waals surface area contributed by atoms with Crippen LogP contribution in [0.4, 0.5) is 0 Å². The molecule has 0 saturated carbocycles. The number of nitrogens with zero attached hydrogens (tertiary/aromatic N) is 2. The molecule has 0 fully saturated rings. The Hall–Kier alpha value is -3.14. The summed E-state index contributed by atoms with van der Waals surface area (Å²) in [4.78, 5) is 16.4. The highest BCUT2D eigenvalue weighted by Crippen LogP contribution is 2.28. The maximum absolute atomic E-state index is 13.6. The Morgan fingerprint density at radius 1 is 1.03 bits per heavy atom. The first-order valence-corrected chi connectivity index (χ1v) is 14.4. The highest BCUT2D eigenvalue weighted by Gasteiger charge is 2.27. The van der Waals surface area contributed by atoms with Crippen molar-refractivity contribution in [2.24, 2.45) is 0 Å². The summed E-state index contributed by atoms with van der Waals surface area (Å²) in [7, 11) is -0.564. The molecule has 1 heterocycles. The normalized spacial score (nSPS) is 11.4. The van der Waals surface area contributed by atoms with Gasteiger partial charge in [0.25, 0.3) is 0 Å². The molecule has 2 aromatic carbocycles. The average molecular weight is 543 g/mol. The van der Waals surface area contributed by atoms with E-state index >= 15 is 0 Å². The van der Waals surface area contributed by atoms with Crippen LogP contribution in [0.3, 0.4) is 0 Å². The van der Waals surface area contributed by atoms with E-state index < -0.39 is 10.0 Å². The number of sulfonamides is 1. The van der Waals surface area contributed by atoms with Gasteiger partial charge in [-0.15, -0.1) is 17.9 Å². The summed E-state index contributed by atoms with van der Waals surface area (Å²) >= 11 is 1.59. The van der Waals surface area contributed by atoms with Gasteiger partial charge in [0.05, 0.1) is 33.1 Å². The summed E-state index contributed by atoms with van der Waals surface area (Å²) in [5.41, 5.74) is 2.76. The molecule has 1 amide bonds. The number of thiophene rings is 1. The van der Waals surface area contributed by atoms with Crippen molar-refractivity contribution >= 4 is 27.3 Å². The SMILES string of the molecule is C=CCN(CC(=O)N(CCc1ccc(OC)c(OC)c1)Cc1sccc1C)S(=O)(=O)Cc1ccccc1. The quantitative estimate of drug-likeness (QED) is 0.277. The molecular weight excluding hydrogens is 508 g/mol. The zero-order valence-corrected chi connectivity index (χ0v) is 23.2. The Morgan fingerprint density at radius 2 is 1.76 bits per heavy atom. The van der Waals surface area contributed by atoms with Crippen LogP contribution in [-0.2, 0) is 33.5 Å². The van der Waals surface area contributed by atoms with Gasteiger partial charge in [0.15, 0.2) is 11.5 Å². The maximum Gasteiger partial charge on any atom is 0.238 e. The van der Waals surface area contributed by atoms with Gasteiger partial charge in [0.1, 0.15) is 0 Å². The van der Waals surface area contributed by atoms with Crippen molar-refractivity contribution in [3.05, 3.63) is 94.2 Å². The second kappa shape index (κ2) is 13.4. The van der Waals surface area contributed by atoms with Gasteiger partial charge < -0.3 is 14.4 Å². The zero-order chi connectivity index (χ0) is 26.8. The lowest BCUT2D eigenvalue weighted by Gasteiger charge is -2.27. The minimum Gasteiger partial charge on any atom is -0.493 e. The number of benzene rings is 2. The van der Waals surface area contributed by atoms with Crippen molar-refractivity contribution < 1.29 is 22.7 Å². The molecular formula is C28H34N2O5S2. The van der Waals surface area contributed by atoms with Gasteiger partial charge in [0, 0.05) is 18.0 Å². The van der Waals surface area contributed by atoms with Crippen molar-refractivity contribution in [2.75, 3.05) is 33.9 Å². The van der Waals surface area contributed by atoms with Crippen LogP contribution in [0.2, 0.25) is 0 Å². The predicted octanol–water partition coefficient (Wildman–Crippen LogP) is 4.66. The van der Waals surface area contributed by atoms with E-state index in [0.29, 0.717) is 36.6 Å². The van der Waals surface area contributed by atoms with Gasteiger partial charge in [-0.25, -0.2) is 8.42 Å². The third-order valence-electron chi connectivity index (χ3n) is 6.00. The van der Waals surface area contributed by atoms with Gasteiger partial charge in [0.2, 0.25) is 15.9 Å². The third kappa shape index (κ3) is 7.92. The minimum atomic E-state index is -3.73. The minimum absolute atomic E-state index is 0.0580. The van der Waals surface area contributed by atoms with Gasteiger partial charge >= 0.3 is 0 Å². The standard InChI is InChI=1S/C28H34N2O5S2/c1-5-15-30(37(32,33)21-24-9-7-6-8-10-24)20-28(31)29(19-27-22(2)14-17-36-27)16-13-23-11-12-25(34-3)26(18-23)35-4/h5-12,14,17-18H,1,13,15-16,19-21H2,2-4H3. The van der Waals surface area contributed by atoms with Crippen LogP contribution in [0, 0.1) is 6.92 Å². The fourth-order valence-corrected chi connectivity index (χ4v) is 6.24. The third-order valence-corrected chi connectivity index (χ3v) is 8.77. The fourth-order valence-electron chi connectivity index (χ4n) is 3.88. The Kier molecular flexibility index (Phi) is 10.3. The summed E-state index contributed by atoms with van der Waals surface area (Å²) in [6.07, 6.45) is 2.09. The predicted molar refractivity (Wildman–Crippen MR) is 149 cm³/mol. The van der Waals surface area contributed by atoms with Gasteiger partial charge in [-0.3, -0.25) is 4.79 Å². The van der Waals surface area contributed by atoms with E-state index in [4.69, 9.17) is 9.47 Å². The number of methoxy groups -OCH3 is 2. The second-order valence-electron chi connectivity index (χ2n) is 8.60. The van der Waals surface area contributed by atoms with Crippen molar-refractivity contribution in [1.82, 2.24) is 9.21 Å². The molecule has 0 unspecified atom stereocenters. The Labute approximate surface area is 224 Å². The molecule has 1 aromatic heterocycles. The molecule has 0 aliphatic carbocycles. The molecule has 0 radical (unpaired) electrons. The number of rotatable bonds is 14. The van der Waals surface area contributed by atoms with E-state index in [0.717, 1.165) is 16.0 Å². The summed E-state index contributed by atoms with van der Waals surface area (Å²) in [5, 5.41) is 2.00. The maximum atomic E-state index is 13.6. The molecule has 0 N–H and O–H groups in total. The highest BCUT2D eigenvalue weighted by molar-refractivity contribution is 7.88. The first-order valence-electron chi connectivity index (χ1n) is 11.9. The van der Waals surface area contributed by atoms with Crippen molar-refractivity contribution in [1.29, 1.82) is 0 Å². The van der Waals surface area contributed by atoms with E-state index in [1.54, 1.807) is 54.7 Å². The second-order valence-corrected chi connectivity index (χ2v) is 11.6. The Morgan fingerprint density at radius 3 is 2.38 bits per heavy atom. The number of amides is 1. The molecule has 0 aliphatic heterocycles. The van der Waals surface area contributed by atoms with Gasteiger partial charge in [-0.1, -0.05) is 42.5 Å². The van der Waals surface area contributed by atoms with Crippen LogP contribution in [-0.4, -0.2) is 57.4 Å². The van der Waals surface area contributed by atoms with Crippen LogP contribution >= 0.6 is 11.3 Å². The molecule has 7 nitrogen and oxygen atoms in total. The van der Waals surface area contributed by atoms with E-state index in [9.17, 15) is 13.2 Å². The summed E-state index contributed by atoms with van der Waals surface area (Å²) in [5.74, 6) is 0.824. The lowest BCUT2D eigenvalue weighted by Crippen LogP contribution is -2.43. The first kappa shape index (κ1) is 28.4. The summed E-state index contributed by atoms with van der Waals surface area (Å²) < 4.78 is 38.4. The number of ether oxygens (including phenoxy) is 2. The van der Waals surface area contributed by atoms with Crippen LogP contribution in [0.25, 0.3) is 0 Å². The number of carbonyl (C=O) groups excluding carboxylic acids is 1. The van der Waals surface area contributed by atoms with Crippen molar-refractivity contribution in [3.8, 4) is 11.5 Å². The molecule has 0 saturated heterocycles. The Balaban J connectivity index is 1.80. The molecule has 0 spiro atoms. The van der Waals surface area contributed by atoms with Crippen LogP contribution in [0.15, 0.2) is 72.6 Å². The van der Waals surface area contributed by atoms with Crippen LogP contribution in [0.5, 0.6) is 11.5 Å². The first-order chi connectivity index (χ1) is 17.8. The molecule has 3 aromatic rings. The van der Waals surface area contributed by atoms with Crippen LogP contribution < -0.4 is 9.47 Å². The smallest absolute Gasteiger partial charge is 0.238 e. The number of carbonyl (C=O) groups is 1. The zero-order valence-electron chi connectivity index (χ0n) is 21.6. The Bertz CT molecular complexity index is 1290. The molecule has 37 heavy (non-hydrogen) atoms. The molecule has 3 rings (SSSR count). The molecule has 0 bridgehead atoms. The van der Waals surface area contributed by atoms with Gasteiger partial charge in [-0.2, -0.15) is 4.31 Å². The monoisotopic (exact) mass is 542 g/mol. The average Bonchev–Trinajstić information content (AvgIpc) is 3.30. The van der Waals surface area contributed by atoms with Gasteiger partial charge in [-0.05, 0) is 53.6 Å². The number of aryl methyl sites for hydroxylation is 1. The van der Waals surface area contributed by atoms with E-state index in [1.165, 1.54) is 10.4 Å².